The van der Waals surface area contributed by atoms with Gasteiger partial charge in [-0.1, -0.05) is 41.9 Å². The SMILES string of the molecule is Cc1cc(C(=O)O)c(Cl)cc1SCC(O)c1ccccc1. The van der Waals surface area contributed by atoms with Crippen molar-refractivity contribution in [1.82, 2.24) is 0 Å². The number of carboxylic acid groups (broad SMARTS) is 1. The Morgan fingerprint density at radius 2 is 1.95 bits per heavy atom. The van der Waals surface area contributed by atoms with E-state index in [1.54, 1.807) is 12.1 Å². The number of hydrogen-bond acceptors (Lipinski definition) is 3. The molecular formula is C16H15ClO3S. The van der Waals surface area contributed by atoms with Crippen molar-refractivity contribution in [3.05, 3.63) is 64.2 Å². The molecule has 2 aromatic carbocycles. The van der Waals surface area contributed by atoms with E-state index >= 15 is 0 Å². The molecule has 0 aromatic heterocycles. The molecule has 0 aliphatic rings. The molecule has 0 fully saturated rings. The quantitative estimate of drug-likeness (QED) is 0.811. The summed E-state index contributed by atoms with van der Waals surface area (Å²) in [4.78, 5) is 11.9. The van der Waals surface area contributed by atoms with Gasteiger partial charge in [-0.15, -0.1) is 11.8 Å². The van der Waals surface area contributed by atoms with Gasteiger partial charge in [0.05, 0.1) is 16.7 Å². The zero-order valence-electron chi connectivity index (χ0n) is 11.4. The van der Waals surface area contributed by atoms with Crippen LogP contribution in [0.4, 0.5) is 0 Å². The standard InChI is InChI=1S/C16H15ClO3S/c1-10-7-12(16(19)20)13(17)8-15(10)21-9-14(18)11-5-3-2-4-6-11/h2-8,14,18H,9H2,1H3,(H,19,20). The normalized spacial score (nSPS) is 12.1. The average Bonchev–Trinajstić information content (AvgIpc) is 2.48. The molecule has 1 unspecified atom stereocenters. The van der Waals surface area contributed by atoms with Gasteiger partial charge in [-0.25, -0.2) is 4.79 Å². The molecule has 0 spiro atoms. The highest BCUT2D eigenvalue weighted by Crippen LogP contribution is 2.31. The third-order valence-corrected chi connectivity index (χ3v) is 4.62. The number of aliphatic hydroxyl groups excluding tert-OH is 1. The van der Waals surface area contributed by atoms with E-state index in [4.69, 9.17) is 16.7 Å². The van der Waals surface area contributed by atoms with E-state index in [0.717, 1.165) is 16.0 Å². The Morgan fingerprint density at radius 3 is 2.57 bits per heavy atom. The lowest BCUT2D eigenvalue weighted by atomic mass is 10.1. The zero-order valence-corrected chi connectivity index (χ0v) is 13.0. The van der Waals surface area contributed by atoms with E-state index in [2.05, 4.69) is 0 Å². The third kappa shape index (κ3) is 4.00. The van der Waals surface area contributed by atoms with E-state index in [9.17, 15) is 9.90 Å². The summed E-state index contributed by atoms with van der Waals surface area (Å²) in [5, 5.41) is 19.4. The number of aryl methyl sites for hydroxylation is 1. The fourth-order valence-electron chi connectivity index (χ4n) is 1.92. The maximum absolute atomic E-state index is 11.0. The summed E-state index contributed by atoms with van der Waals surface area (Å²) in [6, 6.07) is 12.6. The van der Waals surface area contributed by atoms with Gasteiger partial charge < -0.3 is 10.2 Å². The molecule has 110 valence electrons. The Morgan fingerprint density at radius 1 is 1.29 bits per heavy atom. The number of thioether (sulfide) groups is 1. The Bertz CT molecular complexity index is 643. The highest BCUT2D eigenvalue weighted by Gasteiger charge is 2.14. The highest BCUT2D eigenvalue weighted by molar-refractivity contribution is 7.99. The van der Waals surface area contributed by atoms with Gasteiger partial charge in [-0.3, -0.25) is 0 Å². The van der Waals surface area contributed by atoms with Crippen LogP contribution < -0.4 is 0 Å². The van der Waals surface area contributed by atoms with E-state index < -0.39 is 12.1 Å². The Kier molecular flexibility index (Phi) is 5.28. The maximum atomic E-state index is 11.0. The first-order valence-corrected chi connectivity index (χ1v) is 7.74. The molecular weight excluding hydrogens is 308 g/mol. The molecule has 0 aliphatic heterocycles. The van der Waals surface area contributed by atoms with Gasteiger partial charge in [0.25, 0.3) is 0 Å². The number of aromatic carboxylic acids is 1. The number of carboxylic acids is 1. The minimum absolute atomic E-state index is 0.0992. The largest absolute Gasteiger partial charge is 0.478 e. The van der Waals surface area contributed by atoms with Gasteiger partial charge in [0.15, 0.2) is 0 Å². The van der Waals surface area contributed by atoms with Gasteiger partial charge >= 0.3 is 5.97 Å². The molecule has 0 radical (unpaired) electrons. The summed E-state index contributed by atoms with van der Waals surface area (Å²) >= 11 is 7.43. The average molecular weight is 323 g/mol. The lowest BCUT2D eigenvalue weighted by Gasteiger charge is -2.13. The van der Waals surface area contributed by atoms with E-state index in [-0.39, 0.29) is 10.6 Å². The second-order valence-electron chi connectivity index (χ2n) is 4.64. The van der Waals surface area contributed by atoms with Crippen LogP contribution in [-0.4, -0.2) is 21.9 Å². The van der Waals surface area contributed by atoms with Crippen molar-refractivity contribution in [2.75, 3.05) is 5.75 Å². The van der Waals surface area contributed by atoms with E-state index in [1.807, 2.05) is 37.3 Å². The summed E-state index contributed by atoms with van der Waals surface area (Å²) in [5.74, 6) is -0.558. The van der Waals surface area contributed by atoms with Crippen molar-refractivity contribution in [3.8, 4) is 0 Å². The number of rotatable bonds is 5. The molecule has 0 saturated heterocycles. The summed E-state index contributed by atoms with van der Waals surface area (Å²) in [6.45, 7) is 1.83. The van der Waals surface area contributed by atoms with Crippen LogP contribution in [0, 0.1) is 6.92 Å². The summed E-state index contributed by atoms with van der Waals surface area (Å²) < 4.78 is 0. The van der Waals surface area contributed by atoms with Crippen LogP contribution >= 0.6 is 23.4 Å². The Labute approximate surface area is 132 Å². The molecule has 21 heavy (non-hydrogen) atoms. The fraction of sp³-hybridized carbons (Fsp3) is 0.188. The van der Waals surface area contributed by atoms with Gasteiger partial charge in [-0.05, 0) is 30.2 Å². The predicted molar refractivity (Wildman–Crippen MR) is 85.3 cm³/mol. The minimum atomic E-state index is -1.04. The van der Waals surface area contributed by atoms with Gasteiger partial charge in [0, 0.05) is 10.6 Å². The smallest absolute Gasteiger partial charge is 0.337 e. The number of carbonyl (C=O) groups is 1. The minimum Gasteiger partial charge on any atom is -0.478 e. The monoisotopic (exact) mass is 322 g/mol. The molecule has 2 N–H and O–H groups in total. The maximum Gasteiger partial charge on any atom is 0.337 e. The predicted octanol–water partition coefficient (Wildman–Crippen LogP) is 4.17. The van der Waals surface area contributed by atoms with Crippen molar-refractivity contribution in [2.45, 2.75) is 17.9 Å². The van der Waals surface area contributed by atoms with Crippen molar-refractivity contribution < 1.29 is 15.0 Å². The van der Waals surface area contributed by atoms with Gasteiger partial charge in [-0.2, -0.15) is 0 Å². The van der Waals surface area contributed by atoms with Crippen LogP contribution in [-0.2, 0) is 0 Å². The number of benzene rings is 2. The molecule has 2 aromatic rings. The molecule has 3 nitrogen and oxygen atoms in total. The van der Waals surface area contributed by atoms with Crippen molar-refractivity contribution in [3.63, 3.8) is 0 Å². The topological polar surface area (TPSA) is 57.5 Å². The summed E-state index contributed by atoms with van der Waals surface area (Å²) in [5.41, 5.74) is 1.79. The number of aliphatic hydroxyl groups is 1. The lowest BCUT2D eigenvalue weighted by Crippen LogP contribution is -2.02. The van der Waals surface area contributed by atoms with Crippen LogP contribution in [0.1, 0.15) is 27.6 Å². The van der Waals surface area contributed by atoms with Crippen LogP contribution in [0.25, 0.3) is 0 Å². The second kappa shape index (κ2) is 6.98. The lowest BCUT2D eigenvalue weighted by molar-refractivity contribution is 0.0697. The van der Waals surface area contributed by atoms with Crippen LogP contribution in [0.5, 0.6) is 0 Å². The second-order valence-corrected chi connectivity index (χ2v) is 6.11. The fourth-order valence-corrected chi connectivity index (χ4v) is 3.25. The van der Waals surface area contributed by atoms with Crippen LogP contribution in [0.15, 0.2) is 47.4 Å². The number of hydrogen-bond donors (Lipinski definition) is 2. The first kappa shape index (κ1) is 15.9. The van der Waals surface area contributed by atoms with Crippen molar-refractivity contribution in [2.24, 2.45) is 0 Å². The van der Waals surface area contributed by atoms with Gasteiger partial charge in [0.2, 0.25) is 0 Å². The van der Waals surface area contributed by atoms with E-state index in [1.165, 1.54) is 11.8 Å². The molecule has 0 saturated carbocycles. The Balaban J connectivity index is 2.10. The highest BCUT2D eigenvalue weighted by atomic mass is 35.5. The first-order chi connectivity index (χ1) is 9.99. The molecule has 0 amide bonds. The molecule has 0 aliphatic carbocycles. The summed E-state index contributed by atoms with van der Waals surface area (Å²) in [6.07, 6.45) is -0.575. The van der Waals surface area contributed by atoms with E-state index in [0.29, 0.717) is 5.75 Å². The molecule has 0 heterocycles. The Hall–Kier alpha value is -1.49. The van der Waals surface area contributed by atoms with Crippen molar-refractivity contribution in [1.29, 1.82) is 0 Å². The molecule has 2 rings (SSSR count). The zero-order chi connectivity index (χ0) is 15.4. The third-order valence-electron chi connectivity index (χ3n) is 3.08. The first-order valence-electron chi connectivity index (χ1n) is 6.38. The summed E-state index contributed by atoms with van der Waals surface area (Å²) in [7, 11) is 0. The number of halogens is 1. The van der Waals surface area contributed by atoms with Crippen molar-refractivity contribution >= 4 is 29.3 Å². The van der Waals surface area contributed by atoms with Crippen LogP contribution in [0.3, 0.4) is 0 Å². The van der Waals surface area contributed by atoms with Gasteiger partial charge in [0.1, 0.15) is 0 Å². The molecule has 0 bridgehead atoms. The molecule has 1 atom stereocenters. The van der Waals surface area contributed by atoms with Crippen LogP contribution in [0.2, 0.25) is 5.02 Å². The molecule has 5 heteroatoms.